The van der Waals surface area contributed by atoms with E-state index >= 15 is 0 Å². The number of carbonyl (C=O) groups is 1. The fourth-order valence-corrected chi connectivity index (χ4v) is 2.82. The molecule has 20 heavy (non-hydrogen) atoms. The van der Waals surface area contributed by atoms with Crippen molar-refractivity contribution >= 4 is 5.91 Å². The Hall–Kier alpha value is -1.55. The summed E-state index contributed by atoms with van der Waals surface area (Å²) in [6, 6.07) is 5.52. The van der Waals surface area contributed by atoms with E-state index in [1.165, 1.54) is 6.42 Å². The standard InChI is InChI=1S/C16H23NO3/c1-12-7-6-8-13(20-2)14(12)15(18)17-11-16(19)9-4-3-5-10-16/h6-8,19H,3-5,9-11H2,1-2H3,(H,17,18). The van der Waals surface area contributed by atoms with Crippen molar-refractivity contribution in [3.63, 3.8) is 0 Å². The molecule has 0 atom stereocenters. The fourth-order valence-electron chi connectivity index (χ4n) is 2.82. The number of methoxy groups -OCH3 is 1. The van der Waals surface area contributed by atoms with E-state index in [0.717, 1.165) is 31.2 Å². The topological polar surface area (TPSA) is 58.6 Å². The Labute approximate surface area is 120 Å². The van der Waals surface area contributed by atoms with Crippen molar-refractivity contribution in [2.75, 3.05) is 13.7 Å². The summed E-state index contributed by atoms with van der Waals surface area (Å²) in [5.41, 5.74) is 0.677. The van der Waals surface area contributed by atoms with Gasteiger partial charge in [0, 0.05) is 6.54 Å². The lowest BCUT2D eigenvalue weighted by molar-refractivity contribution is 0.00522. The normalized spacial score (nSPS) is 17.6. The van der Waals surface area contributed by atoms with Gasteiger partial charge in [0.15, 0.2) is 0 Å². The summed E-state index contributed by atoms with van der Waals surface area (Å²) in [6.45, 7) is 2.19. The Morgan fingerprint density at radius 2 is 2.05 bits per heavy atom. The van der Waals surface area contributed by atoms with Crippen LogP contribution >= 0.6 is 0 Å². The molecule has 1 saturated carbocycles. The van der Waals surface area contributed by atoms with Crippen molar-refractivity contribution in [2.45, 2.75) is 44.6 Å². The summed E-state index contributed by atoms with van der Waals surface area (Å²) in [4.78, 5) is 12.3. The van der Waals surface area contributed by atoms with Crippen LogP contribution < -0.4 is 10.1 Å². The number of aliphatic hydroxyl groups is 1. The van der Waals surface area contributed by atoms with Crippen molar-refractivity contribution in [2.24, 2.45) is 0 Å². The van der Waals surface area contributed by atoms with Gasteiger partial charge in [0.05, 0.1) is 18.3 Å². The number of amides is 1. The monoisotopic (exact) mass is 277 g/mol. The van der Waals surface area contributed by atoms with Gasteiger partial charge in [0.2, 0.25) is 0 Å². The number of hydrogen-bond donors (Lipinski definition) is 2. The summed E-state index contributed by atoms with van der Waals surface area (Å²) in [5.74, 6) is 0.386. The minimum atomic E-state index is -0.746. The van der Waals surface area contributed by atoms with E-state index in [-0.39, 0.29) is 5.91 Å². The number of carbonyl (C=O) groups excluding carboxylic acids is 1. The van der Waals surface area contributed by atoms with Crippen LogP contribution in [0.3, 0.4) is 0 Å². The Kier molecular flexibility index (Phi) is 4.65. The van der Waals surface area contributed by atoms with Crippen LogP contribution in [-0.4, -0.2) is 30.3 Å². The number of rotatable bonds is 4. The van der Waals surface area contributed by atoms with Crippen molar-refractivity contribution in [3.05, 3.63) is 29.3 Å². The minimum absolute atomic E-state index is 0.182. The van der Waals surface area contributed by atoms with Crippen LogP contribution in [0.2, 0.25) is 0 Å². The summed E-state index contributed by atoms with van der Waals surface area (Å²) < 4.78 is 5.24. The molecule has 110 valence electrons. The smallest absolute Gasteiger partial charge is 0.255 e. The second-order valence-electron chi connectivity index (χ2n) is 5.62. The molecule has 1 fully saturated rings. The molecule has 2 N–H and O–H groups in total. The molecule has 4 nitrogen and oxygen atoms in total. The third-order valence-electron chi connectivity index (χ3n) is 4.04. The molecule has 1 aliphatic rings. The molecule has 2 rings (SSSR count). The molecule has 0 heterocycles. The van der Waals surface area contributed by atoms with E-state index in [9.17, 15) is 9.90 Å². The third-order valence-corrected chi connectivity index (χ3v) is 4.04. The largest absolute Gasteiger partial charge is 0.496 e. The van der Waals surface area contributed by atoms with Crippen LogP contribution in [0.5, 0.6) is 5.75 Å². The number of aryl methyl sites for hydroxylation is 1. The number of benzene rings is 1. The quantitative estimate of drug-likeness (QED) is 0.888. The van der Waals surface area contributed by atoms with Crippen LogP contribution in [0.25, 0.3) is 0 Å². The van der Waals surface area contributed by atoms with Gasteiger partial charge in [-0.15, -0.1) is 0 Å². The Bertz CT molecular complexity index is 479. The first-order valence-electron chi connectivity index (χ1n) is 7.20. The highest BCUT2D eigenvalue weighted by Gasteiger charge is 2.30. The van der Waals surface area contributed by atoms with E-state index in [1.54, 1.807) is 13.2 Å². The zero-order chi connectivity index (χ0) is 14.6. The van der Waals surface area contributed by atoms with Gasteiger partial charge in [0.25, 0.3) is 5.91 Å². The highest BCUT2D eigenvalue weighted by molar-refractivity contribution is 5.98. The highest BCUT2D eigenvalue weighted by Crippen LogP contribution is 2.28. The average Bonchev–Trinajstić information content (AvgIpc) is 2.45. The molecule has 4 heteroatoms. The minimum Gasteiger partial charge on any atom is -0.496 e. The first-order chi connectivity index (χ1) is 9.56. The van der Waals surface area contributed by atoms with Gasteiger partial charge in [-0.3, -0.25) is 4.79 Å². The first kappa shape index (κ1) is 14.9. The van der Waals surface area contributed by atoms with Gasteiger partial charge < -0.3 is 15.2 Å². The molecule has 1 aromatic carbocycles. The molecule has 0 unspecified atom stereocenters. The molecule has 1 amide bonds. The van der Waals surface area contributed by atoms with Crippen LogP contribution in [0.1, 0.15) is 48.0 Å². The summed E-state index contributed by atoms with van der Waals surface area (Å²) in [5, 5.41) is 13.3. The molecule has 0 spiro atoms. The lowest BCUT2D eigenvalue weighted by Crippen LogP contribution is -2.44. The first-order valence-corrected chi connectivity index (χ1v) is 7.20. The van der Waals surface area contributed by atoms with Crippen molar-refractivity contribution in [1.82, 2.24) is 5.32 Å². The number of nitrogens with one attached hydrogen (secondary N) is 1. The van der Waals surface area contributed by atoms with Crippen molar-refractivity contribution in [3.8, 4) is 5.75 Å². The molecule has 0 aromatic heterocycles. The van der Waals surface area contributed by atoms with Crippen LogP contribution in [-0.2, 0) is 0 Å². The highest BCUT2D eigenvalue weighted by atomic mass is 16.5. The van der Waals surface area contributed by atoms with Gasteiger partial charge in [-0.05, 0) is 31.4 Å². The van der Waals surface area contributed by atoms with E-state index in [2.05, 4.69) is 5.32 Å². The molecule has 0 saturated heterocycles. The van der Waals surface area contributed by atoms with Gasteiger partial charge in [-0.25, -0.2) is 0 Å². The molecule has 1 aliphatic carbocycles. The third kappa shape index (κ3) is 3.31. The fraction of sp³-hybridized carbons (Fsp3) is 0.562. The van der Waals surface area contributed by atoms with E-state index in [4.69, 9.17) is 4.74 Å². The Morgan fingerprint density at radius 3 is 2.70 bits per heavy atom. The molecular weight excluding hydrogens is 254 g/mol. The maximum atomic E-state index is 12.3. The SMILES string of the molecule is COc1cccc(C)c1C(=O)NCC1(O)CCCCC1. The van der Waals surface area contributed by atoms with Gasteiger partial charge in [0.1, 0.15) is 5.75 Å². The predicted molar refractivity (Wildman–Crippen MR) is 78.1 cm³/mol. The second-order valence-corrected chi connectivity index (χ2v) is 5.62. The summed E-state index contributed by atoms with van der Waals surface area (Å²) in [7, 11) is 1.56. The van der Waals surface area contributed by atoms with E-state index in [1.807, 2.05) is 19.1 Å². The zero-order valence-corrected chi connectivity index (χ0v) is 12.2. The zero-order valence-electron chi connectivity index (χ0n) is 12.2. The molecule has 1 aromatic rings. The van der Waals surface area contributed by atoms with Gasteiger partial charge in [-0.2, -0.15) is 0 Å². The maximum Gasteiger partial charge on any atom is 0.255 e. The Morgan fingerprint density at radius 1 is 1.35 bits per heavy atom. The van der Waals surface area contributed by atoms with Crippen molar-refractivity contribution < 1.29 is 14.6 Å². The molecule has 0 radical (unpaired) electrons. The van der Waals surface area contributed by atoms with Crippen LogP contribution in [0.4, 0.5) is 0 Å². The van der Waals surface area contributed by atoms with Crippen LogP contribution in [0, 0.1) is 6.92 Å². The van der Waals surface area contributed by atoms with E-state index in [0.29, 0.717) is 17.9 Å². The maximum absolute atomic E-state index is 12.3. The number of ether oxygens (including phenoxy) is 1. The van der Waals surface area contributed by atoms with Gasteiger partial charge in [-0.1, -0.05) is 31.4 Å². The summed E-state index contributed by atoms with van der Waals surface area (Å²) >= 11 is 0. The van der Waals surface area contributed by atoms with Crippen LogP contribution in [0.15, 0.2) is 18.2 Å². The summed E-state index contributed by atoms with van der Waals surface area (Å²) in [6.07, 6.45) is 4.75. The average molecular weight is 277 g/mol. The van der Waals surface area contributed by atoms with Gasteiger partial charge >= 0.3 is 0 Å². The predicted octanol–water partition coefficient (Wildman–Crippen LogP) is 2.43. The second kappa shape index (κ2) is 6.27. The molecule has 0 aliphatic heterocycles. The molecule has 0 bridgehead atoms. The Balaban J connectivity index is 2.05. The number of hydrogen-bond acceptors (Lipinski definition) is 3. The lowest BCUT2D eigenvalue weighted by Gasteiger charge is -2.32. The lowest BCUT2D eigenvalue weighted by atomic mass is 9.85. The van der Waals surface area contributed by atoms with E-state index < -0.39 is 5.60 Å². The molecular formula is C16H23NO3. The van der Waals surface area contributed by atoms with Crippen molar-refractivity contribution in [1.29, 1.82) is 0 Å².